The van der Waals surface area contributed by atoms with E-state index in [9.17, 15) is 14.9 Å². The van der Waals surface area contributed by atoms with Crippen LogP contribution >= 0.6 is 0 Å². The molecule has 3 heterocycles. The average molecular weight is 456 g/mol. The van der Waals surface area contributed by atoms with E-state index in [0.29, 0.717) is 19.5 Å². The summed E-state index contributed by atoms with van der Waals surface area (Å²) in [5.74, 6) is 1.58. The number of aromatic nitrogens is 2. The van der Waals surface area contributed by atoms with E-state index in [2.05, 4.69) is 4.90 Å². The topological polar surface area (TPSA) is 92.5 Å². The van der Waals surface area contributed by atoms with Crippen molar-refractivity contribution in [1.29, 1.82) is 0 Å². The molecule has 1 saturated heterocycles. The molecule has 8 nitrogen and oxygen atoms in total. The fourth-order valence-electron chi connectivity index (χ4n) is 4.47. The van der Waals surface area contributed by atoms with E-state index < -0.39 is 4.92 Å². The van der Waals surface area contributed by atoms with Crippen molar-refractivity contribution in [2.75, 3.05) is 24.5 Å². The third kappa shape index (κ3) is 4.52. The number of nitro groups is 1. The Morgan fingerprint density at radius 3 is 2.41 bits per heavy atom. The van der Waals surface area contributed by atoms with Gasteiger partial charge in [-0.25, -0.2) is 9.97 Å². The van der Waals surface area contributed by atoms with Crippen LogP contribution in [0.2, 0.25) is 0 Å². The first-order valence-electron chi connectivity index (χ1n) is 11.5. The number of rotatable bonds is 5. The van der Waals surface area contributed by atoms with Crippen molar-refractivity contribution in [2.45, 2.75) is 25.8 Å². The Kier molecular flexibility index (Phi) is 6.03. The van der Waals surface area contributed by atoms with E-state index in [1.165, 1.54) is 18.2 Å². The standard InChI is InChI=1S/C26H25N5O3/c32-24(13-10-19-8-11-21(12-9-19)31(33)34)30-17-14-23-22(18-30)26(29-15-4-5-16-29)28-25(27-23)20-6-2-1-3-7-20/h1-3,6-13H,4-5,14-18H2/b13-10+. The van der Waals surface area contributed by atoms with Crippen molar-refractivity contribution in [3.05, 3.63) is 87.6 Å². The molecule has 0 bridgehead atoms. The average Bonchev–Trinajstić information content (AvgIpc) is 3.42. The van der Waals surface area contributed by atoms with Crippen molar-refractivity contribution in [3.63, 3.8) is 0 Å². The van der Waals surface area contributed by atoms with Crippen LogP contribution in [0.25, 0.3) is 17.5 Å². The molecule has 0 N–H and O–H groups in total. The second kappa shape index (κ2) is 9.43. The molecule has 3 aromatic rings. The minimum atomic E-state index is -0.437. The highest BCUT2D eigenvalue weighted by Crippen LogP contribution is 2.31. The van der Waals surface area contributed by atoms with Gasteiger partial charge in [0, 0.05) is 55.4 Å². The maximum Gasteiger partial charge on any atom is 0.269 e. The molecule has 2 aromatic carbocycles. The minimum absolute atomic E-state index is 0.0282. The number of fused-ring (bicyclic) bond motifs is 1. The first-order valence-corrected chi connectivity index (χ1v) is 11.5. The number of benzene rings is 2. The highest BCUT2D eigenvalue weighted by molar-refractivity contribution is 5.92. The fraction of sp³-hybridized carbons (Fsp3) is 0.269. The van der Waals surface area contributed by atoms with Crippen LogP contribution in [0, 0.1) is 10.1 Å². The van der Waals surface area contributed by atoms with Gasteiger partial charge in [0.25, 0.3) is 5.69 Å². The molecule has 2 aliphatic heterocycles. The number of carbonyl (C=O) groups excluding carboxylic acids is 1. The summed E-state index contributed by atoms with van der Waals surface area (Å²) in [5.41, 5.74) is 3.81. The Bertz CT molecular complexity index is 1240. The Morgan fingerprint density at radius 1 is 0.971 bits per heavy atom. The van der Waals surface area contributed by atoms with Gasteiger partial charge in [0.05, 0.1) is 17.2 Å². The van der Waals surface area contributed by atoms with Gasteiger partial charge in [0.15, 0.2) is 5.82 Å². The highest BCUT2D eigenvalue weighted by Gasteiger charge is 2.28. The fourth-order valence-corrected chi connectivity index (χ4v) is 4.47. The molecule has 172 valence electrons. The van der Waals surface area contributed by atoms with Crippen LogP contribution in [0.3, 0.4) is 0 Å². The van der Waals surface area contributed by atoms with Gasteiger partial charge < -0.3 is 9.80 Å². The van der Waals surface area contributed by atoms with Gasteiger partial charge in [-0.15, -0.1) is 0 Å². The molecular weight excluding hydrogens is 430 g/mol. The summed E-state index contributed by atoms with van der Waals surface area (Å²) in [6.45, 7) is 2.98. The maximum atomic E-state index is 13.0. The van der Waals surface area contributed by atoms with E-state index in [-0.39, 0.29) is 11.6 Å². The molecule has 0 aliphatic carbocycles. The van der Waals surface area contributed by atoms with E-state index in [1.54, 1.807) is 18.2 Å². The molecule has 1 amide bonds. The molecule has 1 fully saturated rings. The Hall–Kier alpha value is -4.07. The van der Waals surface area contributed by atoms with Crippen LogP contribution in [-0.4, -0.2) is 45.3 Å². The molecule has 8 heteroatoms. The van der Waals surface area contributed by atoms with Gasteiger partial charge >= 0.3 is 0 Å². The van der Waals surface area contributed by atoms with E-state index >= 15 is 0 Å². The normalized spacial score (nSPS) is 15.5. The molecule has 0 spiro atoms. The quantitative estimate of drug-likeness (QED) is 0.324. The molecule has 0 saturated carbocycles. The summed E-state index contributed by atoms with van der Waals surface area (Å²) in [6, 6.07) is 16.2. The lowest BCUT2D eigenvalue weighted by atomic mass is 10.0. The summed E-state index contributed by atoms with van der Waals surface area (Å²) in [5, 5.41) is 10.8. The highest BCUT2D eigenvalue weighted by atomic mass is 16.6. The molecular formula is C26H25N5O3. The molecule has 34 heavy (non-hydrogen) atoms. The monoisotopic (exact) mass is 455 g/mol. The van der Waals surface area contributed by atoms with Crippen LogP contribution in [0.1, 0.15) is 29.7 Å². The summed E-state index contributed by atoms with van der Waals surface area (Å²) in [4.78, 5) is 37.3. The first kappa shape index (κ1) is 21.8. The number of anilines is 1. The first-order chi connectivity index (χ1) is 16.6. The van der Waals surface area contributed by atoms with E-state index in [0.717, 1.165) is 60.0 Å². The van der Waals surface area contributed by atoms with Gasteiger partial charge in [-0.2, -0.15) is 0 Å². The SMILES string of the molecule is O=C(/C=C/c1ccc([N+](=O)[O-])cc1)N1CCc2nc(-c3ccccc3)nc(N3CCCC3)c2C1. The zero-order chi connectivity index (χ0) is 23.5. The number of non-ortho nitro benzene ring substituents is 1. The van der Waals surface area contributed by atoms with Gasteiger partial charge in [-0.05, 0) is 36.6 Å². The Labute approximate surface area is 197 Å². The Balaban J connectivity index is 1.39. The van der Waals surface area contributed by atoms with Crippen LogP contribution in [0.5, 0.6) is 0 Å². The third-order valence-electron chi connectivity index (χ3n) is 6.31. The lowest BCUT2D eigenvalue weighted by Crippen LogP contribution is -2.37. The van der Waals surface area contributed by atoms with Crippen LogP contribution in [-0.2, 0) is 17.8 Å². The largest absolute Gasteiger partial charge is 0.356 e. The van der Waals surface area contributed by atoms with Crippen molar-refractivity contribution < 1.29 is 9.72 Å². The minimum Gasteiger partial charge on any atom is -0.356 e. The van der Waals surface area contributed by atoms with Crippen molar-refractivity contribution in [3.8, 4) is 11.4 Å². The smallest absolute Gasteiger partial charge is 0.269 e. The van der Waals surface area contributed by atoms with E-state index in [1.807, 2.05) is 35.2 Å². The molecule has 0 unspecified atom stereocenters. The van der Waals surface area contributed by atoms with Crippen molar-refractivity contribution in [1.82, 2.24) is 14.9 Å². The number of amides is 1. The molecule has 5 rings (SSSR count). The second-order valence-electron chi connectivity index (χ2n) is 8.55. The number of nitrogens with zero attached hydrogens (tertiary/aromatic N) is 5. The molecule has 0 radical (unpaired) electrons. The van der Waals surface area contributed by atoms with Gasteiger partial charge in [0.1, 0.15) is 5.82 Å². The number of nitro benzene ring substituents is 1. The molecule has 1 aromatic heterocycles. The summed E-state index contributed by atoms with van der Waals surface area (Å²) >= 11 is 0. The van der Waals surface area contributed by atoms with Crippen molar-refractivity contribution >= 4 is 23.5 Å². The van der Waals surface area contributed by atoms with Gasteiger partial charge in [0.2, 0.25) is 5.91 Å². The van der Waals surface area contributed by atoms with Gasteiger partial charge in [-0.1, -0.05) is 30.3 Å². The molecule has 2 aliphatic rings. The lowest BCUT2D eigenvalue weighted by Gasteiger charge is -2.31. The summed E-state index contributed by atoms with van der Waals surface area (Å²) in [6.07, 6.45) is 6.18. The number of hydrogen-bond donors (Lipinski definition) is 0. The zero-order valence-electron chi connectivity index (χ0n) is 18.8. The Morgan fingerprint density at radius 2 is 1.71 bits per heavy atom. The predicted octanol–water partition coefficient (Wildman–Crippen LogP) is 4.25. The van der Waals surface area contributed by atoms with Crippen molar-refractivity contribution in [2.24, 2.45) is 0 Å². The van der Waals surface area contributed by atoms with E-state index in [4.69, 9.17) is 9.97 Å². The molecule has 0 atom stereocenters. The lowest BCUT2D eigenvalue weighted by molar-refractivity contribution is -0.384. The summed E-state index contributed by atoms with van der Waals surface area (Å²) < 4.78 is 0. The van der Waals surface area contributed by atoms with Crippen LogP contribution < -0.4 is 4.90 Å². The second-order valence-corrected chi connectivity index (χ2v) is 8.55. The summed E-state index contributed by atoms with van der Waals surface area (Å²) in [7, 11) is 0. The predicted molar refractivity (Wildman–Crippen MR) is 130 cm³/mol. The third-order valence-corrected chi connectivity index (χ3v) is 6.31. The zero-order valence-corrected chi connectivity index (χ0v) is 18.8. The number of hydrogen-bond acceptors (Lipinski definition) is 6. The maximum absolute atomic E-state index is 13.0. The number of carbonyl (C=O) groups is 1. The van der Waals surface area contributed by atoms with Crippen LogP contribution in [0.4, 0.5) is 11.5 Å². The van der Waals surface area contributed by atoms with Crippen LogP contribution in [0.15, 0.2) is 60.7 Å². The van der Waals surface area contributed by atoms with Gasteiger partial charge in [-0.3, -0.25) is 14.9 Å².